The zero-order valence-corrected chi connectivity index (χ0v) is 23.5. The molecule has 0 aliphatic heterocycles. The Morgan fingerprint density at radius 3 is 2.49 bits per heavy atom. The fraction of sp³-hybridized carbons (Fsp3) is 0.548. The van der Waals surface area contributed by atoms with Crippen LogP contribution in [0, 0.1) is 12.8 Å². The normalized spacial score (nSPS) is 15.8. The number of thioether (sulfide) groups is 1. The van der Waals surface area contributed by atoms with Gasteiger partial charge in [-0.05, 0) is 84.9 Å². The number of hydrogen-bond acceptors (Lipinski definition) is 4. The van der Waals surface area contributed by atoms with Crippen molar-refractivity contribution in [3.05, 3.63) is 59.2 Å². The van der Waals surface area contributed by atoms with Crippen molar-refractivity contribution in [2.45, 2.75) is 90.3 Å². The van der Waals surface area contributed by atoms with Crippen molar-refractivity contribution in [3.8, 4) is 11.1 Å². The van der Waals surface area contributed by atoms with Crippen molar-refractivity contribution >= 4 is 23.6 Å². The molecule has 1 fully saturated rings. The van der Waals surface area contributed by atoms with E-state index in [-0.39, 0.29) is 5.91 Å². The first-order valence-corrected chi connectivity index (χ1v) is 15.3. The molecule has 3 rings (SSSR count). The molecular weight excluding hydrogens is 480 g/mol. The molecule has 2 aromatic rings. The lowest BCUT2D eigenvalue weighted by atomic mass is 9.85. The average molecular weight is 525 g/mol. The summed E-state index contributed by atoms with van der Waals surface area (Å²) in [6.07, 6.45) is 12.9. The van der Waals surface area contributed by atoms with Crippen LogP contribution in [0.25, 0.3) is 11.1 Å². The van der Waals surface area contributed by atoms with Crippen LogP contribution < -0.4 is 10.6 Å². The number of aryl methyl sites for hydroxylation is 1. The maximum atomic E-state index is 13.3. The quantitative estimate of drug-likeness (QED) is 0.253. The molecule has 0 spiro atoms. The number of carbonyl (C=O) groups is 2. The molecular formula is C31H44N2O3S. The van der Waals surface area contributed by atoms with Gasteiger partial charge >= 0.3 is 5.97 Å². The van der Waals surface area contributed by atoms with E-state index in [2.05, 4.69) is 23.6 Å². The third kappa shape index (κ3) is 8.89. The van der Waals surface area contributed by atoms with E-state index >= 15 is 0 Å². The minimum atomic E-state index is -1.00. The molecule has 1 saturated carbocycles. The standard InChI is InChI=1S/C31H44N2O3S/c1-4-25(16-14-23-11-6-5-7-12-23)32-21-24-15-17-27(28(20-24)26-13-9-8-10-22(26)2)30(34)33-29(31(35)36)18-19-37-3/h8-10,13,15,17,20,23,25,29,32H,4-7,11-12,14,16,18-19,21H2,1-3H3,(H,33,34)(H,35,36)/t25-,29+/m1/s1. The second-order valence-corrected chi connectivity index (χ2v) is 11.4. The first-order chi connectivity index (χ1) is 17.9. The van der Waals surface area contributed by atoms with E-state index in [1.807, 2.05) is 49.6 Å². The number of carboxylic acids is 1. The Bertz CT molecular complexity index is 1020. The van der Waals surface area contributed by atoms with E-state index in [9.17, 15) is 14.7 Å². The summed E-state index contributed by atoms with van der Waals surface area (Å²) in [6, 6.07) is 13.6. The lowest BCUT2D eigenvalue weighted by Crippen LogP contribution is -2.41. The fourth-order valence-electron chi connectivity index (χ4n) is 5.35. The molecule has 5 nitrogen and oxygen atoms in total. The van der Waals surface area contributed by atoms with Crippen LogP contribution in [-0.2, 0) is 11.3 Å². The Hall–Kier alpha value is -2.31. The van der Waals surface area contributed by atoms with Crippen LogP contribution in [0.3, 0.4) is 0 Å². The van der Waals surface area contributed by atoms with Crippen LogP contribution in [-0.4, -0.2) is 41.1 Å². The summed E-state index contributed by atoms with van der Waals surface area (Å²) < 4.78 is 0. The van der Waals surface area contributed by atoms with Gasteiger partial charge in [0.1, 0.15) is 6.04 Å². The number of amides is 1. The fourth-order valence-corrected chi connectivity index (χ4v) is 5.82. The summed E-state index contributed by atoms with van der Waals surface area (Å²) in [5.74, 6) is 0.219. The van der Waals surface area contributed by atoms with Gasteiger partial charge in [0.25, 0.3) is 5.91 Å². The van der Waals surface area contributed by atoms with E-state index in [1.54, 1.807) is 11.8 Å². The van der Waals surface area contributed by atoms with Gasteiger partial charge in [-0.2, -0.15) is 11.8 Å². The highest BCUT2D eigenvalue weighted by molar-refractivity contribution is 7.98. The smallest absolute Gasteiger partial charge is 0.326 e. The maximum absolute atomic E-state index is 13.3. The second kappa shape index (κ2) is 15.2. The summed E-state index contributed by atoms with van der Waals surface area (Å²) >= 11 is 1.57. The van der Waals surface area contributed by atoms with Crippen LogP contribution >= 0.6 is 11.8 Å². The maximum Gasteiger partial charge on any atom is 0.326 e. The molecule has 0 heterocycles. The largest absolute Gasteiger partial charge is 0.480 e. The Morgan fingerprint density at radius 1 is 1.05 bits per heavy atom. The second-order valence-electron chi connectivity index (χ2n) is 10.4. The van der Waals surface area contributed by atoms with E-state index in [1.165, 1.54) is 44.9 Å². The number of aliphatic carboxylic acids is 1. The summed E-state index contributed by atoms with van der Waals surface area (Å²) in [5, 5.41) is 16.1. The minimum Gasteiger partial charge on any atom is -0.480 e. The number of benzene rings is 2. The monoisotopic (exact) mass is 524 g/mol. The molecule has 0 unspecified atom stereocenters. The summed E-state index contributed by atoms with van der Waals surface area (Å²) in [5.41, 5.74) is 4.56. The van der Waals surface area contributed by atoms with Gasteiger partial charge in [-0.15, -0.1) is 0 Å². The van der Waals surface area contributed by atoms with Crippen LogP contribution in [0.5, 0.6) is 0 Å². The van der Waals surface area contributed by atoms with Gasteiger partial charge in [0.05, 0.1) is 0 Å². The van der Waals surface area contributed by atoms with Crippen molar-refractivity contribution in [2.75, 3.05) is 12.0 Å². The Balaban J connectivity index is 1.76. The van der Waals surface area contributed by atoms with Gasteiger partial charge in [0.15, 0.2) is 0 Å². The molecule has 0 radical (unpaired) electrons. The highest BCUT2D eigenvalue weighted by atomic mass is 32.2. The Morgan fingerprint density at radius 2 is 1.81 bits per heavy atom. The molecule has 0 saturated heterocycles. The van der Waals surface area contributed by atoms with Gasteiger partial charge in [-0.3, -0.25) is 4.79 Å². The van der Waals surface area contributed by atoms with Crippen LogP contribution in [0.15, 0.2) is 42.5 Å². The molecule has 2 atom stereocenters. The molecule has 0 bridgehead atoms. The van der Waals surface area contributed by atoms with Crippen molar-refractivity contribution in [2.24, 2.45) is 5.92 Å². The molecule has 6 heteroatoms. The zero-order valence-electron chi connectivity index (χ0n) is 22.7. The van der Waals surface area contributed by atoms with E-state index < -0.39 is 12.0 Å². The van der Waals surface area contributed by atoms with Crippen molar-refractivity contribution < 1.29 is 14.7 Å². The SMILES string of the molecule is CC[C@H](CCC1CCCCC1)NCc1ccc(C(=O)N[C@@H](CCSC)C(=O)O)c(-c2ccccc2C)c1. The number of carboxylic acid groups (broad SMARTS) is 1. The summed E-state index contributed by atoms with van der Waals surface area (Å²) in [7, 11) is 0. The van der Waals surface area contributed by atoms with Crippen molar-refractivity contribution in [3.63, 3.8) is 0 Å². The highest BCUT2D eigenvalue weighted by Gasteiger charge is 2.23. The summed E-state index contributed by atoms with van der Waals surface area (Å²) in [4.78, 5) is 25.0. The molecule has 3 N–H and O–H groups in total. The van der Waals surface area contributed by atoms with Gasteiger partial charge in [0.2, 0.25) is 0 Å². The molecule has 37 heavy (non-hydrogen) atoms. The van der Waals surface area contributed by atoms with Gasteiger partial charge < -0.3 is 15.7 Å². The first-order valence-electron chi connectivity index (χ1n) is 13.9. The van der Waals surface area contributed by atoms with Crippen molar-refractivity contribution in [1.82, 2.24) is 10.6 Å². The lowest BCUT2D eigenvalue weighted by Gasteiger charge is -2.24. The third-order valence-corrected chi connectivity index (χ3v) is 8.36. The number of nitrogens with one attached hydrogen (secondary N) is 2. The zero-order chi connectivity index (χ0) is 26.6. The highest BCUT2D eigenvalue weighted by Crippen LogP contribution is 2.30. The van der Waals surface area contributed by atoms with Gasteiger partial charge in [-0.1, -0.05) is 69.4 Å². The number of rotatable bonds is 14. The molecule has 1 aliphatic rings. The van der Waals surface area contributed by atoms with E-state index in [0.717, 1.165) is 41.1 Å². The third-order valence-electron chi connectivity index (χ3n) is 7.71. The molecule has 0 aromatic heterocycles. The van der Waals surface area contributed by atoms with Gasteiger partial charge in [0, 0.05) is 18.2 Å². The van der Waals surface area contributed by atoms with E-state index in [4.69, 9.17) is 0 Å². The van der Waals surface area contributed by atoms with E-state index in [0.29, 0.717) is 23.8 Å². The molecule has 1 aliphatic carbocycles. The lowest BCUT2D eigenvalue weighted by molar-refractivity contribution is -0.139. The van der Waals surface area contributed by atoms with Gasteiger partial charge in [-0.25, -0.2) is 4.79 Å². The topological polar surface area (TPSA) is 78.4 Å². The Labute approximate surface area is 227 Å². The molecule has 2 aromatic carbocycles. The van der Waals surface area contributed by atoms with Crippen LogP contribution in [0.2, 0.25) is 0 Å². The number of carbonyl (C=O) groups excluding carboxylic acids is 1. The van der Waals surface area contributed by atoms with Crippen molar-refractivity contribution in [1.29, 1.82) is 0 Å². The molecule has 1 amide bonds. The predicted molar refractivity (Wildman–Crippen MR) is 155 cm³/mol. The summed E-state index contributed by atoms with van der Waals surface area (Å²) in [6.45, 7) is 5.04. The minimum absolute atomic E-state index is 0.342. The Kier molecular flexibility index (Phi) is 12.0. The molecule has 202 valence electrons. The van der Waals surface area contributed by atoms with Crippen LogP contribution in [0.1, 0.15) is 86.2 Å². The average Bonchev–Trinajstić information content (AvgIpc) is 2.91. The van der Waals surface area contributed by atoms with Crippen LogP contribution in [0.4, 0.5) is 0 Å². The first kappa shape index (κ1) is 29.2. The number of hydrogen-bond donors (Lipinski definition) is 3. The predicted octanol–water partition coefficient (Wildman–Crippen LogP) is 6.83.